The van der Waals surface area contributed by atoms with Crippen LogP contribution in [-0.4, -0.2) is 46.9 Å². The van der Waals surface area contributed by atoms with Crippen molar-refractivity contribution in [2.75, 3.05) is 20.2 Å². The van der Waals surface area contributed by atoms with E-state index in [0.717, 1.165) is 11.8 Å². The van der Waals surface area contributed by atoms with E-state index in [4.69, 9.17) is 4.74 Å². The number of likely N-dealkylation sites (tertiary alicyclic amines) is 1. The predicted molar refractivity (Wildman–Crippen MR) is 116 cm³/mol. The smallest absolute Gasteiger partial charge is 0.419 e. The summed E-state index contributed by atoms with van der Waals surface area (Å²) in [6, 6.07) is 7.22. The van der Waals surface area contributed by atoms with Gasteiger partial charge in [-0.2, -0.15) is 13.2 Å². The highest BCUT2D eigenvalue weighted by Crippen LogP contribution is 2.41. The Bertz CT molecular complexity index is 1100. The molecule has 0 saturated carbocycles. The lowest BCUT2D eigenvalue weighted by Crippen LogP contribution is -2.63. The molecule has 2 aliphatic rings. The number of ketones is 1. The van der Waals surface area contributed by atoms with Gasteiger partial charge in [-0.1, -0.05) is 0 Å². The van der Waals surface area contributed by atoms with Gasteiger partial charge in [-0.15, -0.1) is 0 Å². The molecular weight excluding hydrogens is 435 g/mol. The van der Waals surface area contributed by atoms with E-state index >= 15 is 0 Å². The van der Waals surface area contributed by atoms with E-state index in [0.29, 0.717) is 38.2 Å². The number of nitrogens with zero attached hydrogens (tertiary/aromatic N) is 2. The van der Waals surface area contributed by atoms with E-state index in [9.17, 15) is 22.8 Å². The first-order valence-corrected chi connectivity index (χ1v) is 10.9. The molecule has 2 aliphatic heterocycles. The third-order valence-electron chi connectivity index (χ3n) is 6.62. The molecule has 0 aliphatic carbocycles. The maximum atomic E-state index is 13.4. The molecule has 178 valence electrons. The number of carbonyl (C=O) groups is 2. The molecular formula is C24H28F3N3O3. The number of ether oxygens (including phenoxy) is 1. The second-order valence-electron chi connectivity index (χ2n) is 9.54. The topological polar surface area (TPSA) is 63.6 Å². The Balaban J connectivity index is 1.59. The average Bonchev–Trinajstić information content (AvgIpc) is 3.16. The van der Waals surface area contributed by atoms with Crippen LogP contribution in [0.3, 0.4) is 0 Å². The fraction of sp³-hybridized carbons (Fsp3) is 0.500. The summed E-state index contributed by atoms with van der Waals surface area (Å²) >= 11 is 0. The van der Waals surface area contributed by atoms with Crippen LogP contribution in [0.25, 0.3) is 0 Å². The summed E-state index contributed by atoms with van der Waals surface area (Å²) in [7, 11) is 1.17. The van der Waals surface area contributed by atoms with Gasteiger partial charge >= 0.3 is 6.18 Å². The lowest BCUT2D eigenvalue weighted by atomic mass is 9.79. The van der Waals surface area contributed by atoms with E-state index in [1.807, 2.05) is 12.1 Å². The Hall–Kier alpha value is -2.81. The van der Waals surface area contributed by atoms with E-state index in [1.54, 1.807) is 11.8 Å². The Labute approximate surface area is 190 Å². The van der Waals surface area contributed by atoms with Gasteiger partial charge in [0.1, 0.15) is 5.75 Å². The molecule has 0 atom stereocenters. The van der Waals surface area contributed by atoms with Gasteiger partial charge in [0.2, 0.25) is 0 Å². The van der Waals surface area contributed by atoms with Crippen LogP contribution >= 0.6 is 0 Å². The van der Waals surface area contributed by atoms with Crippen molar-refractivity contribution in [2.45, 2.75) is 57.4 Å². The van der Waals surface area contributed by atoms with Crippen LogP contribution in [0.2, 0.25) is 0 Å². The molecule has 0 radical (unpaired) electrons. The van der Waals surface area contributed by atoms with Crippen LogP contribution < -0.4 is 10.1 Å². The summed E-state index contributed by atoms with van der Waals surface area (Å²) in [6.45, 7) is 7.13. The van der Waals surface area contributed by atoms with Crippen molar-refractivity contribution in [3.63, 3.8) is 0 Å². The van der Waals surface area contributed by atoms with E-state index < -0.39 is 23.2 Å². The highest BCUT2D eigenvalue weighted by atomic mass is 19.4. The number of aromatic nitrogens is 1. The number of rotatable bonds is 3. The van der Waals surface area contributed by atoms with E-state index in [2.05, 4.69) is 23.7 Å². The van der Waals surface area contributed by atoms with Crippen LogP contribution in [-0.2, 0) is 18.3 Å². The highest BCUT2D eigenvalue weighted by Gasteiger charge is 2.46. The number of carbonyl (C=O) groups excluding carboxylic acids is 2. The van der Waals surface area contributed by atoms with E-state index in [-0.39, 0.29) is 22.6 Å². The average molecular weight is 464 g/mol. The Morgan fingerprint density at radius 3 is 2.33 bits per heavy atom. The molecule has 1 aromatic heterocycles. The van der Waals surface area contributed by atoms with Gasteiger partial charge in [-0.3, -0.25) is 14.9 Å². The molecule has 1 fully saturated rings. The standard InChI is InChI=1S/C24H28F3N3O3/c1-15(31)18-6-8-20-23(28-22(2,3)14-30(18)20)9-11-29(12-10-23)21(32)16-5-7-19(33-4)17(13-16)24(25,26)27/h5-8,13,28H,9-12,14H2,1-4H3. The summed E-state index contributed by atoms with van der Waals surface area (Å²) in [5.74, 6) is -0.748. The number of amides is 1. The van der Waals surface area contributed by atoms with Crippen molar-refractivity contribution < 1.29 is 27.5 Å². The minimum atomic E-state index is -4.62. The lowest BCUT2D eigenvalue weighted by molar-refractivity contribution is -0.138. The maximum Gasteiger partial charge on any atom is 0.419 e. The first-order valence-electron chi connectivity index (χ1n) is 10.9. The number of hydrogen-bond donors (Lipinski definition) is 1. The summed E-state index contributed by atoms with van der Waals surface area (Å²) < 4.78 is 47.1. The van der Waals surface area contributed by atoms with Crippen molar-refractivity contribution in [1.29, 1.82) is 0 Å². The predicted octanol–water partition coefficient (Wildman–Crippen LogP) is 4.23. The largest absolute Gasteiger partial charge is 0.496 e. The third kappa shape index (κ3) is 4.14. The molecule has 6 nitrogen and oxygen atoms in total. The molecule has 33 heavy (non-hydrogen) atoms. The number of piperidine rings is 1. The summed E-state index contributed by atoms with van der Waals surface area (Å²) in [5, 5.41) is 3.72. The number of hydrogen-bond acceptors (Lipinski definition) is 4. The number of fused-ring (bicyclic) bond motifs is 2. The van der Waals surface area contributed by atoms with Gasteiger partial charge < -0.3 is 14.2 Å². The molecule has 2 aromatic rings. The molecule has 1 spiro atoms. The van der Waals surface area contributed by atoms with Gasteiger partial charge in [0.05, 0.1) is 23.9 Å². The number of methoxy groups -OCH3 is 1. The molecule has 0 bridgehead atoms. The highest BCUT2D eigenvalue weighted by molar-refractivity contribution is 5.95. The van der Waals surface area contributed by atoms with Gasteiger partial charge in [0.15, 0.2) is 5.78 Å². The number of alkyl halides is 3. The molecule has 1 N–H and O–H groups in total. The maximum absolute atomic E-state index is 13.4. The monoisotopic (exact) mass is 463 g/mol. The van der Waals surface area contributed by atoms with Gasteiger partial charge in [-0.25, -0.2) is 0 Å². The Morgan fingerprint density at radius 1 is 1.09 bits per heavy atom. The number of halogens is 3. The molecule has 1 aromatic carbocycles. The van der Waals surface area contributed by atoms with Crippen LogP contribution in [0.15, 0.2) is 30.3 Å². The fourth-order valence-corrected chi connectivity index (χ4v) is 5.23. The second-order valence-corrected chi connectivity index (χ2v) is 9.54. The second kappa shape index (κ2) is 7.90. The first-order chi connectivity index (χ1) is 15.4. The van der Waals surface area contributed by atoms with Crippen molar-refractivity contribution in [1.82, 2.24) is 14.8 Å². The quantitative estimate of drug-likeness (QED) is 0.692. The SMILES string of the molecule is COc1ccc(C(=O)N2CCC3(CC2)NC(C)(C)Cn2c(C(C)=O)ccc23)cc1C(F)(F)F. The van der Waals surface area contributed by atoms with Gasteiger partial charge in [-0.05, 0) is 57.0 Å². The summed E-state index contributed by atoms with van der Waals surface area (Å²) in [6.07, 6.45) is -3.44. The minimum Gasteiger partial charge on any atom is -0.496 e. The molecule has 3 heterocycles. The zero-order chi connectivity index (χ0) is 24.2. The van der Waals surface area contributed by atoms with Crippen molar-refractivity contribution in [2.24, 2.45) is 0 Å². The van der Waals surface area contributed by atoms with Gasteiger partial charge in [0, 0.05) is 43.4 Å². The molecule has 0 unspecified atom stereocenters. The van der Waals surface area contributed by atoms with Gasteiger partial charge in [0.25, 0.3) is 5.91 Å². The number of Topliss-reactive ketones (excluding diaryl/α,β-unsaturated/α-hetero) is 1. The Kier molecular flexibility index (Phi) is 5.59. The first kappa shape index (κ1) is 23.4. The van der Waals surface area contributed by atoms with Crippen LogP contribution in [0.4, 0.5) is 13.2 Å². The minimum absolute atomic E-state index is 0.00156. The molecule has 1 saturated heterocycles. The molecule has 4 rings (SSSR count). The number of benzene rings is 1. The molecule has 1 amide bonds. The number of nitrogens with one attached hydrogen (secondary N) is 1. The zero-order valence-corrected chi connectivity index (χ0v) is 19.2. The lowest BCUT2D eigenvalue weighted by Gasteiger charge is -2.51. The van der Waals surface area contributed by atoms with Crippen molar-refractivity contribution >= 4 is 11.7 Å². The normalized spacial score (nSPS) is 19.3. The zero-order valence-electron chi connectivity index (χ0n) is 19.2. The van der Waals surface area contributed by atoms with Crippen LogP contribution in [0.5, 0.6) is 5.75 Å². The van der Waals surface area contributed by atoms with Crippen molar-refractivity contribution in [3.8, 4) is 5.75 Å². The summed E-state index contributed by atoms with van der Waals surface area (Å²) in [5.41, 5.74) is 0.0228. The van der Waals surface area contributed by atoms with E-state index in [1.165, 1.54) is 19.2 Å². The third-order valence-corrected chi connectivity index (χ3v) is 6.62. The van der Waals surface area contributed by atoms with Crippen molar-refractivity contribution in [3.05, 3.63) is 52.8 Å². The molecule has 9 heteroatoms. The van der Waals surface area contributed by atoms with Crippen LogP contribution in [0, 0.1) is 0 Å². The Morgan fingerprint density at radius 2 is 1.76 bits per heavy atom. The summed E-state index contributed by atoms with van der Waals surface area (Å²) in [4.78, 5) is 26.8. The fourth-order valence-electron chi connectivity index (χ4n) is 5.23. The van der Waals surface area contributed by atoms with Crippen LogP contribution in [0.1, 0.15) is 65.7 Å².